The van der Waals surface area contributed by atoms with Crippen LogP contribution in [0.1, 0.15) is 12.0 Å². The van der Waals surface area contributed by atoms with Crippen molar-refractivity contribution >= 4 is 15.8 Å². The molecule has 0 spiro atoms. The Kier molecular flexibility index (Phi) is 3.08. The van der Waals surface area contributed by atoms with Crippen LogP contribution in [0.2, 0.25) is 0 Å². The van der Waals surface area contributed by atoms with Crippen LogP contribution < -0.4 is 11.3 Å². The van der Waals surface area contributed by atoms with E-state index in [1.807, 2.05) is 0 Å². The molecule has 88 valence electrons. The molecular weight excluding hydrogens is 228 g/mol. The second kappa shape index (κ2) is 4.36. The third-order valence-electron chi connectivity index (χ3n) is 2.53. The van der Waals surface area contributed by atoms with Crippen LogP contribution in [-0.4, -0.2) is 30.0 Å². The molecule has 1 fully saturated rings. The number of nitrogens with one attached hydrogen (secondary N) is 1. The van der Waals surface area contributed by atoms with Crippen molar-refractivity contribution in [2.45, 2.75) is 13.0 Å². The number of rotatable bonds is 3. The maximum Gasteiger partial charge on any atom is 0.214 e. The summed E-state index contributed by atoms with van der Waals surface area (Å²) in [5.74, 6) is 6.02. The average Bonchev–Trinajstić information content (AvgIpc) is 2.59. The van der Waals surface area contributed by atoms with Gasteiger partial charge in [-0.05, 0) is 24.1 Å². The zero-order chi connectivity index (χ0) is 11.6. The fraction of sp³-hybridized carbons (Fsp3) is 0.444. The number of anilines is 1. The van der Waals surface area contributed by atoms with E-state index in [9.17, 15) is 8.42 Å². The number of pyridine rings is 1. The maximum absolute atomic E-state index is 11.6. The Morgan fingerprint density at radius 2 is 2.38 bits per heavy atom. The van der Waals surface area contributed by atoms with Crippen molar-refractivity contribution in [2.24, 2.45) is 5.84 Å². The molecule has 2 rings (SSSR count). The number of hydrazine groups is 1. The summed E-state index contributed by atoms with van der Waals surface area (Å²) in [5.41, 5.74) is 3.32. The first-order chi connectivity index (χ1) is 7.62. The fourth-order valence-corrected chi connectivity index (χ4v) is 3.23. The van der Waals surface area contributed by atoms with Gasteiger partial charge in [-0.1, -0.05) is 0 Å². The molecule has 0 aliphatic carbocycles. The minimum Gasteiger partial charge on any atom is -0.308 e. The zero-order valence-electron chi connectivity index (χ0n) is 8.76. The molecule has 1 aromatic heterocycles. The van der Waals surface area contributed by atoms with Crippen LogP contribution >= 0.6 is 0 Å². The first kappa shape index (κ1) is 11.3. The summed E-state index contributed by atoms with van der Waals surface area (Å²) in [6.07, 6.45) is 2.31. The van der Waals surface area contributed by atoms with Gasteiger partial charge in [-0.2, -0.15) is 4.31 Å². The highest BCUT2D eigenvalue weighted by molar-refractivity contribution is 7.89. The number of nitrogens with two attached hydrogens (primary N) is 1. The van der Waals surface area contributed by atoms with Gasteiger partial charge in [0.05, 0.1) is 5.75 Å². The number of nitrogen functional groups attached to an aromatic ring is 1. The van der Waals surface area contributed by atoms with Gasteiger partial charge in [0.25, 0.3) is 0 Å². The molecule has 0 saturated carbocycles. The molecule has 1 saturated heterocycles. The topological polar surface area (TPSA) is 88.3 Å². The minimum atomic E-state index is -3.04. The van der Waals surface area contributed by atoms with Crippen molar-refractivity contribution < 1.29 is 8.42 Å². The molecule has 0 bridgehead atoms. The van der Waals surface area contributed by atoms with E-state index < -0.39 is 10.0 Å². The van der Waals surface area contributed by atoms with E-state index in [1.165, 1.54) is 4.31 Å². The highest BCUT2D eigenvalue weighted by atomic mass is 32.2. The molecule has 0 unspecified atom stereocenters. The smallest absolute Gasteiger partial charge is 0.214 e. The summed E-state index contributed by atoms with van der Waals surface area (Å²) in [4.78, 5) is 3.96. The number of hydrogen-bond donors (Lipinski definition) is 2. The largest absolute Gasteiger partial charge is 0.308 e. The summed E-state index contributed by atoms with van der Waals surface area (Å²) in [5, 5.41) is 0. The molecule has 16 heavy (non-hydrogen) atoms. The average molecular weight is 242 g/mol. The van der Waals surface area contributed by atoms with Crippen LogP contribution in [0.3, 0.4) is 0 Å². The van der Waals surface area contributed by atoms with Gasteiger partial charge >= 0.3 is 0 Å². The molecule has 1 aliphatic heterocycles. The molecule has 7 heteroatoms. The van der Waals surface area contributed by atoms with E-state index in [-0.39, 0.29) is 5.75 Å². The highest BCUT2D eigenvalue weighted by Crippen LogP contribution is 2.17. The highest BCUT2D eigenvalue weighted by Gasteiger charge is 2.27. The summed E-state index contributed by atoms with van der Waals surface area (Å²) < 4.78 is 24.7. The first-order valence-corrected chi connectivity index (χ1v) is 6.62. The third kappa shape index (κ3) is 2.31. The molecule has 0 amide bonds. The molecule has 3 N–H and O–H groups in total. The molecule has 1 aliphatic rings. The summed E-state index contributed by atoms with van der Waals surface area (Å²) in [6, 6.07) is 3.53. The number of aromatic nitrogens is 1. The second-order valence-corrected chi connectivity index (χ2v) is 5.79. The van der Waals surface area contributed by atoms with Crippen molar-refractivity contribution in [2.75, 3.05) is 17.7 Å². The van der Waals surface area contributed by atoms with E-state index in [0.29, 0.717) is 25.3 Å². The third-order valence-corrected chi connectivity index (χ3v) is 4.44. The molecule has 1 aromatic rings. The van der Waals surface area contributed by atoms with Gasteiger partial charge in [0, 0.05) is 19.3 Å². The lowest BCUT2D eigenvalue weighted by Gasteiger charge is -2.14. The lowest BCUT2D eigenvalue weighted by atomic mass is 10.2. The van der Waals surface area contributed by atoms with Gasteiger partial charge < -0.3 is 5.43 Å². The van der Waals surface area contributed by atoms with Crippen LogP contribution in [0.5, 0.6) is 0 Å². The predicted molar refractivity (Wildman–Crippen MR) is 60.9 cm³/mol. The normalized spacial score (nSPS) is 19.8. The van der Waals surface area contributed by atoms with Crippen molar-refractivity contribution in [3.8, 4) is 0 Å². The Bertz CT molecular complexity index is 474. The summed E-state index contributed by atoms with van der Waals surface area (Å²) in [7, 11) is -3.04. The van der Waals surface area contributed by atoms with Crippen molar-refractivity contribution in [3.63, 3.8) is 0 Å². The van der Waals surface area contributed by atoms with E-state index in [2.05, 4.69) is 10.4 Å². The summed E-state index contributed by atoms with van der Waals surface area (Å²) >= 11 is 0. The van der Waals surface area contributed by atoms with Crippen molar-refractivity contribution in [1.29, 1.82) is 0 Å². The van der Waals surface area contributed by atoms with E-state index in [1.54, 1.807) is 18.3 Å². The monoisotopic (exact) mass is 242 g/mol. The van der Waals surface area contributed by atoms with Gasteiger partial charge in [0.15, 0.2) is 0 Å². The number of sulfonamides is 1. The summed E-state index contributed by atoms with van der Waals surface area (Å²) in [6.45, 7) is 0.982. The standard InChI is InChI=1S/C9H14N4O2S/c10-12-9-6-8(2-3-11-9)7-13-4-1-5-16(13,14)15/h2-3,6H,1,4-5,7,10H2,(H,11,12). The van der Waals surface area contributed by atoms with Crippen molar-refractivity contribution in [1.82, 2.24) is 9.29 Å². The maximum atomic E-state index is 11.6. The number of hydrogen-bond acceptors (Lipinski definition) is 5. The van der Waals surface area contributed by atoms with Crippen LogP contribution in [0.4, 0.5) is 5.82 Å². The van der Waals surface area contributed by atoms with E-state index in [0.717, 1.165) is 5.56 Å². The van der Waals surface area contributed by atoms with Gasteiger partial charge in [-0.25, -0.2) is 19.2 Å². The van der Waals surface area contributed by atoms with Gasteiger partial charge in [-0.3, -0.25) is 0 Å². The molecule has 0 aromatic carbocycles. The Morgan fingerprint density at radius 3 is 3.00 bits per heavy atom. The van der Waals surface area contributed by atoms with Crippen molar-refractivity contribution in [3.05, 3.63) is 23.9 Å². The Balaban J connectivity index is 2.15. The molecule has 0 atom stereocenters. The second-order valence-electron chi connectivity index (χ2n) is 3.70. The Hall–Kier alpha value is -1.18. The van der Waals surface area contributed by atoms with Crippen LogP contribution in [0.25, 0.3) is 0 Å². The quantitative estimate of drug-likeness (QED) is 0.571. The number of nitrogens with zero attached hydrogens (tertiary/aromatic N) is 2. The lowest BCUT2D eigenvalue weighted by Crippen LogP contribution is -2.25. The van der Waals surface area contributed by atoms with Gasteiger partial charge in [0.2, 0.25) is 10.0 Å². The van der Waals surface area contributed by atoms with E-state index in [4.69, 9.17) is 5.84 Å². The Morgan fingerprint density at radius 1 is 1.56 bits per heavy atom. The molecule has 2 heterocycles. The van der Waals surface area contributed by atoms with Crippen LogP contribution in [0, 0.1) is 0 Å². The van der Waals surface area contributed by atoms with E-state index >= 15 is 0 Å². The molecule has 6 nitrogen and oxygen atoms in total. The molecular formula is C9H14N4O2S. The fourth-order valence-electron chi connectivity index (χ4n) is 1.72. The predicted octanol–water partition coefficient (Wildman–Crippen LogP) is -0.0973. The first-order valence-electron chi connectivity index (χ1n) is 5.01. The minimum absolute atomic E-state index is 0.250. The van der Waals surface area contributed by atoms with Crippen LogP contribution in [0.15, 0.2) is 18.3 Å². The lowest BCUT2D eigenvalue weighted by molar-refractivity contribution is 0.439. The van der Waals surface area contributed by atoms with Crippen LogP contribution in [-0.2, 0) is 16.6 Å². The molecule has 0 radical (unpaired) electrons. The van der Waals surface area contributed by atoms with Gasteiger partial charge in [-0.15, -0.1) is 0 Å². The van der Waals surface area contributed by atoms with Gasteiger partial charge in [0.1, 0.15) is 5.82 Å². The zero-order valence-corrected chi connectivity index (χ0v) is 9.57. The Labute approximate surface area is 94.5 Å². The SMILES string of the molecule is NNc1cc(CN2CCCS2(=O)=O)ccn1.